The van der Waals surface area contributed by atoms with Gasteiger partial charge in [0.1, 0.15) is 5.75 Å². The Labute approximate surface area is 133 Å². The van der Waals surface area contributed by atoms with Crippen molar-refractivity contribution in [1.82, 2.24) is 4.90 Å². The van der Waals surface area contributed by atoms with Crippen LogP contribution in [-0.4, -0.2) is 30.5 Å². The number of primary amides is 1. The van der Waals surface area contributed by atoms with Gasteiger partial charge in [0.05, 0.1) is 6.61 Å². The standard InChI is InChI=1S/C18H28N2O2/c1-15(18(19)21)7-6-12-22-17-9-5-8-16(13-17)14-20-10-3-2-4-11-20/h5,8-9,13,15H,2-4,6-7,10-12,14H2,1H3,(H2,19,21). The Morgan fingerprint density at radius 1 is 1.32 bits per heavy atom. The monoisotopic (exact) mass is 304 g/mol. The molecule has 1 heterocycles. The largest absolute Gasteiger partial charge is 0.494 e. The van der Waals surface area contributed by atoms with Gasteiger partial charge in [0.15, 0.2) is 0 Å². The molecule has 0 saturated carbocycles. The number of likely N-dealkylation sites (tertiary alicyclic amines) is 1. The highest BCUT2D eigenvalue weighted by Crippen LogP contribution is 2.18. The summed E-state index contributed by atoms with van der Waals surface area (Å²) in [7, 11) is 0. The number of piperidine rings is 1. The van der Waals surface area contributed by atoms with Crippen molar-refractivity contribution in [1.29, 1.82) is 0 Å². The van der Waals surface area contributed by atoms with Crippen molar-refractivity contribution in [2.45, 2.75) is 45.6 Å². The SMILES string of the molecule is CC(CCCOc1cccc(CN2CCCCC2)c1)C(N)=O. The Balaban J connectivity index is 1.74. The molecule has 1 atom stereocenters. The molecule has 4 nitrogen and oxygen atoms in total. The number of rotatable bonds is 8. The van der Waals surface area contributed by atoms with Crippen molar-refractivity contribution in [2.24, 2.45) is 11.7 Å². The van der Waals surface area contributed by atoms with Gasteiger partial charge in [-0.25, -0.2) is 0 Å². The highest BCUT2D eigenvalue weighted by atomic mass is 16.5. The van der Waals surface area contributed by atoms with Crippen molar-refractivity contribution in [3.63, 3.8) is 0 Å². The smallest absolute Gasteiger partial charge is 0.220 e. The third-order valence-electron chi connectivity index (χ3n) is 4.29. The number of carbonyl (C=O) groups excluding carboxylic acids is 1. The minimum Gasteiger partial charge on any atom is -0.494 e. The number of amides is 1. The molecule has 0 aliphatic carbocycles. The second kappa shape index (κ2) is 8.79. The van der Waals surface area contributed by atoms with E-state index in [-0.39, 0.29) is 11.8 Å². The summed E-state index contributed by atoms with van der Waals surface area (Å²) in [4.78, 5) is 13.5. The summed E-state index contributed by atoms with van der Waals surface area (Å²) in [5.41, 5.74) is 6.56. The lowest BCUT2D eigenvalue weighted by Gasteiger charge is -2.26. The van der Waals surface area contributed by atoms with Gasteiger partial charge in [-0.15, -0.1) is 0 Å². The molecule has 1 aliphatic rings. The Morgan fingerprint density at radius 2 is 2.09 bits per heavy atom. The first-order valence-corrected chi connectivity index (χ1v) is 8.38. The maximum atomic E-state index is 11.0. The van der Waals surface area contributed by atoms with Crippen molar-refractivity contribution in [3.05, 3.63) is 29.8 Å². The molecular formula is C18H28N2O2. The summed E-state index contributed by atoms with van der Waals surface area (Å²) in [6.45, 7) is 5.91. The molecule has 22 heavy (non-hydrogen) atoms. The Hall–Kier alpha value is -1.55. The number of carbonyl (C=O) groups is 1. The third kappa shape index (κ3) is 5.68. The average Bonchev–Trinajstić information content (AvgIpc) is 2.52. The summed E-state index contributed by atoms with van der Waals surface area (Å²) in [5.74, 6) is 0.610. The molecule has 4 heteroatoms. The van der Waals surface area contributed by atoms with Crippen LogP contribution in [0, 0.1) is 5.92 Å². The molecule has 1 unspecified atom stereocenters. The number of ether oxygens (including phenoxy) is 1. The molecular weight excluding hydrogens is 276 g/mol. The van der Waals surface area contributed by atoms with E-state index in [1.54, 1.807) is 0 Å². The fraction of sp³-hybridized carbons (Fsp3) is 0.611. The quantitative estimate of drug-likeness (QED) is 0.751. The van der Waals surface area contributed by atoms with Crippen LogP contribution >= 0.6 is 0 Å². The first-order chi connectivity index (χ1) is 10.6. The van der Waals surface area contributed by atoms with E-state index in [1.807, 2.05) is 13.0 Å². The van der Waals surface area contributed by atoms with Crippen LogP contribution in [0.5, 0.6) is 5.75 Å². The van der Waals surface area contributed by atoms with Crippen LogP contribution in [-0.2, 0) is 11.3 Å². The van der Waals surface area contributed by atoms with Gasteiger partial charge in [-0.05, 0) is 56.5 Å². The Morgan fingerprint density at radius 3 is 2.82 bits per heavy atom. The van der Waals surface area contributed by atoms with Gasteiger partial charge in [0.25, 0.3) is 0 Å². The number of benzene rings is 1. The van der Waals surface area contributed by atoms with E-state index >= 15 is 0 Å². The fourth-order valence-corrected chi connectivity index (χ4v) is 2.83. The number of hydrogen-bond donors (Lipinski definition) is 1. The van der Waals surface area contributed by atoms with Gasteiger partial charge in [-0.2, -0.15) is 0 Å². The molecule has 0 aromatic heterocycles. The zero-order valence-corrected chi connectivity index (χ0v) is 13.6. The van der Waals surface area contributed by atoms with Gasteiger partial charge >= 0.3 is 0 Å². The lowest BCUT2D eigenvalue weighted by Crippen LogP contribution is -2.29. The molecule has 1 saturated heterocycles. The van der Waals surface area contributed by atoms with Crippen LogP contribution in [0.25, 0.3) is 0 Å². The molecule has 1 aliphatic heterocycles. The highest BCUT2D eigenvalue weighted by Gasteiger charge is 2.11. The topological polar surface area (TPSA) is 55.6 Å². The summed E-state index contributed by atoms with van der Waals surface area (Å²) in [5, 5.41) is 0. The number of hydrogen-bond acceptors (Lipinski definition) is 3. The zero-order chi connectivity index (χ0) is 15.8. The van der Waals surface area contributed by atoms with E-state index < -0.39 is 0 Å². The van der Waals surface area contributed by atoms with Gasteiger partial charge in [0, 0.05) is 12.5 Å². The zero-order valence-electron chi connectivity index (χ0n) is 13.6. The van der Waals surface area contributed by atoms with Crippen LogP contribution in [0.4, 0.5) is 0 Å². The molecule has 0 bridgehead atoms. The molecule has 0 spiro atoms. The van der Waals surface area contributed by atoms with Crippen molar-refractivity contribution < 1.29 is 9.53 Å². The molecule has 0 radical (unpaired) electrons. The number of nitrogens with zero attached hydrogens (tertiary/aromatic N) is 1. The summed E-state index contributed by atoms with van der Waals surface area (Å²) >= 11 is 0. The van der Waals surface area contributed by atoms with Crippen LogP contribution in [0.2, 0.25) is 0 Å². The second-order valence-corrected chi connectivity index (χ2v) is 6.28. The molecule has 1 fully saturated rings. The van der Waals surface area contributed by atoms with E-state index in [4.69, 9.17) is 10.5 Å². The Bertz CT molecular complexity index is 470. The second-order valence-electron chi connectivity index (χ2n) is 6.28. The normalized spacial score (nSPS) is 17.1. The van der Waals surface area contributed by atoms with E-state index in [2.05, 4.69) is 23.1 Å². The van der Waals surface area contributed by atoms with Crippen LogP contribution < -0.4 is 10.5 Å². The molecule has 1 amide bonds. The third-order valence-corrected chi connectivity index (χ3v) is 4.29. The predicted molar refractivity (Wildman–Crippen MR) is 88.7 cm³/mol. The average molecular weight is 304 g/mol. The lowest BCUT2D eigenvalue weighted by molar-refractivity contribution is -0.121. The highest BCUT2D eigenvalue weighted by molar-refractivity contribution is 5.76. The van der Waals surface area contributed by atoms with Crippen molar-refractivity contribution in [2.75, 3.05) is 19.7 Å². The van der Waals surface area contributed by atoms with E-state index in [9.17, 15) is 4.79 Å². The summed E-state index contributed by atoms with van der Waals surface area (Å²) < 4.78 is 5.80. The van der Waals surface area contributed by atoms with Crippen LogP contribution in [0.3, 0.4) is 0 Å². The van der Waals surface area contributed by atoms with Crippen LogP contribution in [0.1, 0.15) is 44.6 Å². The number of nitrogens with two attached hydrogens (primary N) is 1. The molecule has 1 aromatic rings. The van der Waals surface area contributed by atoms with E-state index in [0.717, 1.165) is 25.1 Å². The molecule has 1 aromatic carbocycles. The van der Waals surface area contributed by atoms with Crippen LogP contribution in [0.15, 0.2) is 24.3 Å². The fourth-order valence-electron chi connectivity index (χ4n) is 2.83. The summed E-state index contributed by atoms with van der Waals surface area (Å²) in [6, 6.07) is 8.35. The van der Waals surface area contributed by atoms with Crippen molar-refractivity contribution in [3.8, 4) is 5.75 Å². The van der Waals surface area contributed by atoms with Gasteiger partial charge in [0.2, 0.25) is 5.91 Å². The van der Waals surface area contributed by atoms with E-state index in [0.29, 0.717) is 6.61 Å². The minimum absolute atomic E-state index is 0.0750. The maximum Gasteiger partial charge on any atom is 0.220 e. The maximum absolute atomic E-state index is 11.0. The lowest BCUT2D eigenvalue weighted by atomic mass is 10.1. The minimum atomic E-state index is -0.233. The molecule has 122 valence electrons. The molecule has 2 rings (SSSR count). The van der Waals surface area contributed by atoms with Gasteiger partial charge in [-0.1, -0.05) is 25.5 Å². The first kappa shape index (κ1) is 16.8. The summed E-state index contributed by atoms with van der Waals surface area (Å²) in [6.07, 6.45) is 5.62. The van der Waals surface area contributed by atoms with E-state index in [1.165, 1.54) is 37.9 Å². The van der Waals surface area contributed by atoms with Crippen molar-refractivity contribution >= 4 is 5.91 Å². The van der Waals surface area contributed by atoms with Gasteiger partial charge in [-0.3, -0.25) is 9.69 Å². The predicted octanol–water partition coefficient (Wildman–Crippen LogP) is 2.95. The van der Waals surface area contributed by atoms with Gasteiger partial charge < -0.3 is 10.5 Å². The molecule has 2 N–H and O–H groups in total. The first-order valence-electron chi connectivity index (χ1n) is 8.38. The Kier molecular flexibility index (Phi) is 6.72.